The summed E-state index contributed by atoms with van der Waals surface area (Å²) in [7, 11) is 0. The molecule has 8 aromatic rings. The van der Waals surface area contributed by atoms with Crippen molar-refractivity contribution >= 4 is 43.4 Å². The Kier molecular flexibility index (Phi) is 9.49. The zero-order chi connectivity index (χ0) is 32.7. The summed E-state index contributed by atoms with van der Waals surface area (Å²) in [5.74, 6) is 0. The Balaban J connectivity index is 0.000000241. The third-order valence-corrected chi connectivity index (χ3v) is 9.52. The maximum atomic E-state index is 6.44. The molecule has 8 rings (SSSR count). The molecule has 1 radical (unpaired) electrons. The van der Waals surface area contributed by atoms with Gasteiger partial charge in [0, 0.05) is 48.0 Å². The van der Waals surface area contributed by atoms with E-state index in [-0.39, 0.29) is 25.5 Å². The molecule has 4 aromatic heterocycles. The molecule has 0 N–H and O–H groups in total. The molecule has 0 saturated heterocycles. The summed E-state index contributed by atoms with van der Waals surface area (Å²) < 4.78 is 7.71. The van der Waals surface area contributed by atoms with Crippen LogP contribution < -0.4 is 0 Å². The molecule has 48 heavy (non-hydrogen) atoms. The number of aryl methyl sites for hydroxylation is 3. The van der Waals surface area contributed by atoms with Crippen molar-refractivity contribution in [2.24, 2.45) is 0 Å². The van der Waals surface area contributed by atoms with Gasteiger partial charge in [-0.3, -0.25) is 0 Å². The van der Waals surface area contributed by atoms with Crippen LogP contribution in [0.15, 0.2) is 113 Å². The number of benzene rings is 4. The molecule has 0 amide bonds. The fourth-order valence-electron chi connectivity index (χ4n) is 6.29. The molecule has 0 atom stereocenters. The first kappa shape index (κ1) is 33.5. The average Bonchev–Trinajstić information content (AvgIpc) is 3.70. The van der Waals surface area contributed by atoms with Gasteiger partial charge < -0.3 is 14.4 Å². The fraction of sp³-hybridized carbons (Fsp3) is 0.163. The van der Waals surface area contributed by atoms with Crippen molar-refractivity contribution in [3.8, 4) is 33.6 Å². The topological polar surface area (TPSA) is 38.9 Å². The van der Waals surface area contributed by atoms with Crippen LogP contribution >= 0.6 is 11.3 Å². The maximum Gasteiger partial charge on any atom is 0.121 e. The summed E-state index contributed by atoms with van der Waals surface area (Å²) in [4.78, 5) is 9.26. The summed E-state index contributed by atoms with van der Waals surface area (Å²) in [5.41, 5.74) is 13.0. The zero-order valence-corrected chi connectivity index (χ0v) is 31.1. The van der Waals surface area contributed by atoms with E-state index in [0.717, 1.165) is 39.1 Å². The molecular formula is C43H36IrN2OS-2. The molecule has 0 saturated carbocycles. The van der Waals surface area contributed by atoms with E-state index < -0.39 is 0 Å². The van der Waals surface area contributed by atoms with Crippen molar-refractivity contribution in [1.29, 1.82) is 0 Å². The third-order valence-electron chi connectivity index (χ3n) is 8.64. The number of nitrogens with zero attached hydrogens (tertiary/aromatic N) is 2. The van der Waals surface area contributed by atoms with Crippen molar-refractivity contribution in [1.82, 2.24) is 9.97 Å². The summed E-state index contributed by atoms with van der Waals surface area (Å²) in [6.07, 6.45) is 3.92. The molecule has 3 nitrogen and oxygen atoms in total. The second kappa shape index (κ2) is 13.6. The Bertz CT molecular complexity index is 2340. The van der Waals surface area contributed by atoms with E-state index in [1.165, 1.54) is 48.9 Å². The van der Waals surface area contributed by atoms with E-state index in [9.17, 15) is 0 Å². The van der Waals surface area contributed by atoms with Crippen molar-refractivity contribution < 1.29 is 24.5 Å². The Labute approximate surface area is 300 Å². The van der Waals surface area contributed by atoms with Gasteiger partial charge in [-0.2, -0.15) is 0 Å². The molecule has 0 unspecified atom stereocenters. The number of fused-ring (bicyclic) bond motifs is 5. The predicted octanol–water partition coefficient (Wildman–Crippen LogP) is 12.1. The van der Waals surface area contributed by atoms with E-state index in [0.29, 0.717) is 0 Å². The van der Waals surface area contributed by atoms with Crippen LogP contribution in [0.25, 0.3) is 65.7 Å². The van der Waals surface area contributed by atoms with Crippen LogP contribution in [0, 0.1) is 32.9 Å². The van der Waals surface area contributed by atoms with Crippen LogP contribution in [-0.2, 0) is 25.5 Å². The predicted molar refractivity (Wildman–Crippen MR) is 198 cm³/mol. The molecule has 0 aliphatic carbocycles. The average molecular weight is 821 g/mol. The molecule has 0 fully saturated rings. The summed E-state index contributed by atoms with van der Waals surface area (Å²) in [6, 6.07) is 37.8. The molecule has 0 aliphatic heterocycles. The molecule has 0 spiro atoms. The van der Waals surface area contributed by atoms with Gasteiger partial charge in [-0.05, 0) is 94.5 Å². The number of furan rings is 1. The number of hydrogen-bond donors (Lipinski definition) is 0. The minimum absolute atomic E-state index is 0. The first-order chi connectivity index (χ1) is 22.7. The van der Waals surface area contributed by atoms with Gasteiger partial charge in [0.15, 0.2) is 0 Å². The second-order valence-corrected chi connectivity index (χ2v) is 14.0. The van der Waals surface area contributed by atoms with Crippen molar-refractivity contribution in [3.05, 3.63) is 143 Å². The van der Waals surface area contributed by atoms with Gasteiger partial charge >= 0.3 is 0 Å². The first-order valence-corrected chi connectivity index (χ1v) is 16.8. The minimum Gasteiger partial charge on any atom is -0.501 e. The molecule has 5 heteroatoms. The maximum absolute atomic E-state index is 6.44. The van der Waals surface area contributed by atoms with Crippen LogP contribution in [0.5, 0.6) is 0 Å². The summed E-state index contributed by atoms with van der Waals surface area (Å²) >= 11 is 1.76. The standard InChI is InChI=1S/C31H26NOS.C12H10N.Ir/c1-18-8-6-9-19(2)28(18)23-16-25(32-17-24(23)31(3,4)5)20-10-7-11-22-29-21-14-15-34-27(21)13-12-26(29)33-30(20)22;1-10-7-8-12(13-9-10)11-5-3-2-4-6-11;/h6-9,11-17H,1-5H3;2-5,7-9H,1H3;/q2*-1;. The van der Waals surface area contributed by atoms with Gasteiger partial charge in [-0.1, -0.05) is 68.1 Å². The van der Waals surface area contributed by atoms with Crippen LogP contribution in [0.1, 0.15) is 43.0 Å². The van der Waals surface area contributed by atoms with Crippen LogP contribution in [-0.4, -0.2) is 9.97 Å². The van der Waals surface area contributed by atoms with Crippen molar-refractivity contribution in [2.75, 3.05) is 0 Å². The van der Waals surface area contributed by atoms with E-state index in [2.05, 4.69) is 112 Å². The second-order valence-electron chi connectivity index (χ2n) is 13.1. The molecule has 4 aromatic carbocycles. The number of hydrogen-bond acceptors (Lipinski definition) is 4. The Morgan fingerprint density at radius 1 is 0.729 bits per heavy atom. The Hall–Kier alpha value is -4.41. The van der Waals surface area contributed by atoms with Gasteiger partial charge in [-0.25, -0.2) is 0 Å². The van der Waals surface area contributed by atoms with Gasteiger partial charge in [0.05, 0.1) is 5.58 Å². The molecular weight excluding hydrogens is 785 g/mol. The van der Waals surface area contributed by atoms with Crippen LogP contribution in [0.4, 0.5) is 0 Å². The fourth-order valence-corrected chi connectivity index (χ4v) is 7.08. The largest absolute Gasteiger partial charge is 0.501 e. The van der Waals surface area contributed by atoms with E-state index >= 15 is 0 Å². The van der Waals surface area contributed by atoms with Gasteiger partial charge in [-0.15, -0.1) is 65.4 Å². The first-order valence-electron chi connectivity index (χ1n) is 15.9. The summed E-state index contributed by atoms with van der Waals surface area (Å²) in [5, 5.41) is 5.67. The quantitative estimate of drug-likeness (QED) is 0.167. The smallest absolute Gasteiger partial charge is 0.121 e. The van der Waals surface area contributed by atoms with Gasteiger partial charge in [0.25, 0.3) is 0 Å². The van der Waals surface area contributed by atoms with E-state index in [1.54, 1.807) is 11.3 Å². The number of rotatable bonds is 3. The van der Waals surface area contributed by atoms with Crippen LogP contribution in [0.3, 0.4) is 0 Å². The molecule has 4 heterocycles. The van der Waals surface area contributed by atoms with E-state index in [1.807, 2.05) is 55.7 Å². The number of thiophene rings is 1. The molecule has 0 aliphatic rings. The van der Waals surface area contributed by atoms with Crippen LogP contribution in [0.2, 0.25) is 0 Å². The monoisotopic (exact) mass is 821 g/mol. The normalized spacial score (nSPS) is 11.4. The Morgan fingerprint density at radius 2 is 1.52 bits per heavy atom. The minimum atomic E-state index is -0.0325. The Morgan fingerprint density at radius 3 is 2.23 bits per heavy atom. The van der Waals surface area contributed by atoms with Gasteiger partial charge in [0.1, 0.15) is 5.58 Å². The zero-order valence-electron chi connectivity index (χ0n) is 27.9. The van der Waals surface area contributed by atoms with Gasteiger partial charge in [0.2, 0.25) is 0 Å². The van der Waals surface area contributed by atoms with Crippen molar-refractivity contribution in [3.63, 3.8) is 0 Å². The summed E-state index contributed by atoms with van der Waals surface area (Å²) in [6.45, 7) is 13.2. The van der Waals surface area contributed by atoms with Crippen molar-refractivity contribution in [2.45, 2.75) is 47.0 Å². The number of pyridine rings is 2. The molecule has 0 bridgehead atoms. The SMILES string of the molecule is Cc1ccc(-c2[c-]cccc2)nc1.Cc1cccc(C)c1-c1cc(-c2[c-]ccc3c2oc2ccc4sccc4c23)ncc1C(C)(C)C.[Ir]. The number of aromatic nitrogens is 2. The van der Waals surface area contributed by atoms with E-state index in [4.69, 9.17) is 9.40 Å². The third kappa shape index (κ3) is 6.39. The molecule has 241 valence electrons.